The van der Waals surface area contributed by atoms with Crippen LogP contribution in [0.1, 0.15) is 65.2 Å². The first kappa shape index (κ1) is 18.7. The van der Waals surface area contributed by atoms with Crippen LogP contribution in [-0.4, -0.2) is 0 Å². The van der Waals surface area contributed by atoms with E-state index in [1.807, 2.05) is 0 Å². The van der Waals surface area contributed by atoms with Crippen molar-refractivity contribution in [3.8, 4) is 0 Å². The Kier molecular flexibility index (Phi) is 16.5. The van der Waals surface area contributed by atoms with Gasteiger partial charge in [0.15, 0.2) is 0 Å². The fourth-order valence-electron chi connectivity index (χ4n) is 1.72. The van der Waals surface area contributed by atoms with Crippen LogP contribution in [0.3, 0.4) is 0 Å². The van der Waals surface area contributed by atoms with Crippen molar-refractivity contribution in [2.45, 2.75) is 65.2 Å². The summed E-state index contributed by atoms with van der Waals surface area (Å²) < 4.78 is 0. The normalized spacial score (nSPS) is 13.1. The maximum Gasteiger partial charge on any atom is -0.0169 e. The van der Waals surface area contributed by atoms with Gasteiger partial charge in [-0.25, -0.2) is 0 Å². The van der Waals surface area contributed by atoms with E-state index in [9.17, 15) is 0 Å². The Morgan fingerprint density at radius 2 is 0.900 bits per heavy atom. The standard InChI is InChI=1S/C20H32/c1-3-5-7-9-11-13-15-17-19-20-18-16-14-12-10-8-6-4-2/h3,5,8-11,15-18H,4,6-7,12-14,19-20H2,1-2H3. The van der Waals surface area contributed by atoms with Gasteiger partial charge in [-0.05, 0) is 51.9 Å². The van der Waals surface area contributed by atoms with Crippen molar-refractivity contribution in [2.75, 3.05) is 0 Å². The highest BCUT2D eigenvalue weighted by Gasteiger charge is 1.79. The van der Waals surface area contributed by atoms with Gasteiger partial charge in [0, 0.05) is 0 Å². The summed E-state index contributed by atoms with van der Waals surface area (Å²) in [6, 6.07) is 0. The van der Waals surface area contributed by atoms with Crippen LogP contribution < -0.4 is 0 Å². The van der Waals surface area contributed by atoms with E-state index in [4.69, 9.17) is 0 Å². The molecular formula is C20H32. The van der Waals surface area contributed by atoms with E-state index in [1.165, 1.54) is 25.7 Å². The Labute approximate surface area is 126 Å². The van der Waals surface area contributed by atoms with Crippen LogP contribution in [0.25, 0.3) is 0 Å². The van der Waals surface area contributed by atoms with Crippen LogP contribution >= 0.6 is 0 Å². The molecule has 0 aromatic carbocycles. The fourth-order valence-corrected chi connectivity index (χ4v) is 1.72. The number of unbranched alkanes of at least 4 members (excludes halogenated alkanes) is 3. The molecule has 0 atom stereocenters. The van der Waals surface area contributed by atoms with Gasteiger partial charge in [0.05, 0.1) is 0 Å². The molecule has 0 fully saturated rings. The van der Waals surface area contributed by atoms with E-state index in [2.05, 4.69) is 74.6 Å². The Hall–Kier alpha value is -1.30. The molecule has 0 saturated carbocycles. The van der Waals surface area contributed by atoms with E-state index < -0.39 is 0 Å². The van der Waals surface area contributed by atoms with Crippen molar-refractivity contribution >= 4 is 0 Å². The van der Waals surface area contributed by atoms with Gasteiger partial charge in [-0.2, -0.15) is 0 Å². The van der Waals surface area contributed by atoms with E-state index in [-0.39, 0.29) is 0 Å². The molecule has 0 aromatic heterocycles. The van der Waals surface area contributed by atoms with Gasteiger partial charge in [-0.3, -0.25) is 0 Å². The lowest BCUT2D eigenvalue weighted by Gasteiger charge is -1.89. The number of rotatable bonds is 12. The van der Waals surface area contributed by atoms with E-state index in [0.717, 1.165) is 25.7 Å². The molecule has 112 valence electrons. The second-order valence-electron chi connectivity index (χ2n) is 4.87. The summed E-state index contributed by atoms with van der Waals surface area (Å²) >= 11 is 0. The number of hydrogen-bond donors (Lipinski definition) is 0. The van der Waals surface area contributed by atoms with Crippen molar-refractivity contribution in [2.24, 2.45) is 0 Å². The molecule has 0 aromatic rings. The van der Waals surface area contributed by atoms with E-state index >= 15 is 0 Å². The minimum Gasteiger partial charge on any atom is -0.0914 e. The summed E-state index contributed by atoms with van der Waals surface area (Å²) in [6.45, 7) is 4.28. The Morgan fingerprint density at radius 1 is 0.500 bits per heavy atom. The topological polar surface area (TPSA) is 0 Å². The van der Waals surface area contributed by atoms with Crippen LogP contribution in [0.5, 0.6) is 0 Å². The van der Waals surface area contributed by atoms with Gasteiger partial charge in [-0.15, -0.1) is 0 Å². The van der Waals surface area contributed by atoms with Gasteiger partial charge in [-0.1, -0.05) is 74.1 Å². The molecule has 0 unspecified atom stereocenters. The molecule has 0 heteroatoms. The third kappa shape index (κ3) is 16.7. The van der Waals surface area contributed by atoms with E-state index in [0.29, 0.717) is 0 Å². The predicted molar refractivity (Wildman–Crippen MR) is 94.0 cm³/mol. The summed E-state index contributed by atoms with van der Waals surface area (Å²) in [4.78, 5) is 0. The highest BCUT2D eigenvalue weighted by molar-refractivity contribution is 4.97. The molecule has 0 amide bonds. The van der Waals surface area contributed by atoms with Crippen LogP contribution in [0.4, 0.5) is 0 Å². The average molecular weight is 272 g/mol. The summed E-state index contributed by atoms with van der Waals surface area (Å²) in [5.41, 5.74) is 0. The first-order valence-corrected chi connectivity index (χ1v) is 8.13. The highest BCUT2D eigenvalue weighted by Crippen LogP contribution is 2.00. The quantitative estimate of drug-likeness (QED) is 0.267. The highest BCUT2D eigenvalue weighted by atomic mass is 13.9. The molecule has 0 radical (unpaired) electrons. The summed E-state index contributed by atoms with van der Waals surface area (Å²) in [5, 5.41) is 0. The molecule has 0 heterocycles. The second-order valence-corrected chi connectivity index (χ2v) is 4.87. The molecule has 0 spiro atoms. The lowest BCUT2D eigenvalue weighted by molar-refractivity contribution is 0.941. The van der Waals surface area contributed by atoms with Gasteiger partial charge in [0.1, 0.15) is 0 Å². The third-order valence-electron chi connectivity index (χ3n) is 2.90. The second kappa shape index (κ2) is 17.7. The molecule has 0 nitrogen and oxygen atoms in total. The molecule has 20 heavy (non-hydrogen) atoms. The van der Waals surface area contributed by atoms with Crippen molar-refractivity contribution in [1.82, 2.24) is 0 Å². The minimum absolute atomic E-state index is 1.06. The zero-order valence-electron chi connectivity index (χ0n) is 13.4. The molecular weight excluding hydrogens is 240 g/mol. The molecule has 0 N–H and O–H groups in total. The van der Waals surface area contributed by atoms with Crippen molar-refractivity contribution in [3.63, 3.8) is 0 Å². The first-order valence-electron chi connectivity index (χ1n) is 8.13. The smallest absolute Gasteiger partial charge is 0.0169 e. The molecule has 0 saturated heterocycles. The molecule has 0 aliphatic heterocycles. The molecule has 0 aliphatic carbocycles. The lowest BCUT2D eigenvalue weighted by Crippen LogP contribution is -1.69. The zero-order chi connectivity index (χ0) is 14.7. The van der Waals surface area contributed by atoms with Gasteiger partial charge >= 0.3 is 0 Å². The summed E-state index contributed by atoms with van der Waals surface area (Å²) in [5.74, 6) is 0. The molecule has 0 aliphatic rings. The maximum absolute atomic E-state index is 2.31. The zero-order valence-corrected chi connectivity index (χ0v) is 13.4. The predicted octanol–water partition coefficient (Wildman–Crippen LogP) is 6.93. The van der Waals surface area contributed by atoms with Crippen molar-refractivity contribution in [1.29, 1.82) is 0 Å². The maximum atomic E-state index is 2.31. The minimum atomic E-state index is 1.06. The van der Waals surface area contributed by atoms with Crippen LogP contribution in [0.2, 0.25) is 0 Å². The first-order chi connectivity index (χ1) is 9.91. The van der Waals surface area contributed by atoms with Crippen LogP contribution in [0, 0.1) is 0 Å². The monoisotopic (exact) mass is 272 g/mol. The van der Waals surface area contributed by atoms with Gasteiger partial charge in [0.25, 0.3) is 0 Å². The average Bonchev–Trinajstić information content (AvgIpc) is 2.47. The van der Waals surface area contributed by atoms with Crippen molar-refractivity contribution in [3.05, 3.63) is 60.8 Å². The fraction of sp³-hybridized carbons (Fsp3) is 0.500. The van der Waals surface area contributed by atoms with Gasteiger partial charge < -0.3 is 0 Å². The largest absolute Gasteiger partial charge is 0.0914 e. The third-order valence-corrected chi connectivity index (χ3v) is 2.90. The lowest BCUT2D eigenvalue weighted by atomic mass is 10.2. The molecule has 0 rings (SSSR count). The SMILES string of the molecule is CC=CCC=CCC=CCCC=CCCC=CCCC. The number of hydrogen-bond acceptors (Lipinski definition) is 0. The van der Waals surface area contributed by atoms with Crippen LogP contribution in [0.15, 0.2) is 60.8 Å². The van der Waals surface area contributed by atoms with Crippen molar-refractivity contribution < 1.29 is 0 Å². The summed E-state index contributed by atoms with van der Waals surface area (Å²) in [7, 11) is 0. The summed E-state index contributed by atoms with van der Waals surface area (Å²) in [6.07, 6.45) is 31.7. The van der Waals surface area contributed by atoms with Gasteiger partial charge in [0.2, 0.25) is 0 Å². The van der Waals surface area contributed by atoms with E-state index in [1.54, 1.807) is 0 Å². The molecule has 0 bridgehead atoms. The Balaban J connectivity index is 3.35. The Morgan fingerprint density at radius 3 is 1.40 bits per heavy atom. The Bertz CT molecular complexity index is 313. The van der Waals surface area contributed by atoms with Crippen LogP contribution in [-0.2, 0) is 0 Å². The number of allylic oxidation sites excluding steroid dienone is 10.